The largest absolute Gasteiger partial charge is 1.00 e. The quantitative estimate of drug-likeness (QED) is 0.259. The Bertz CT molecular complexity index is 396. The normalized spacial score (nSPS) is 10.5. The predicted molar refractivity (Wildman–Crippen MR) is 86.1 cm³/mol. The van der Waals surface area contributed by atoms with Crippen LogP contribution in [0.3, 0.4) is 0 Å². The summed E-state index contributed by atoms with van der Waals surface area (Å²) in [5, 5.41) is 0. The van der Waals surface area contributed by atoms with Gasteiger partial charge >= 0.3 is 29.6 Å². The molecule has 1 aromatic rings. The number of aromatic amines is 1. The molecule has 1 rings (SSSR count). The molecule has 0 radical (unpaired) electrons. The Balaban J connectivity index is 0. The average molecular weight is 356 g/mol. The number of nitrogens with zero attached hydrogens (tertiary/aromatic N) is 1. The van der Waals surface area contributed by atoms with Gasteiger partial charge in [-0.05, 0) is 6.42 Å². The van der Waals surface area contributed by atoms with Crippen LogP contribution in [0.25, 0.3) is 0 Å². The minimum atomic E-state index is -4.48. The summed E-state index contributed by atoms with van der Waals surface area (Å²) in [6.45, 7) is 2.24. The predicted octanol–water partition coefficient (Wildman–Crippen LogP) is 0.798. The van der Waals surface area contributed by atoms with E-state index >= 15 is 0 Å². The third-order valence-electron chi connectivity index (χ3n) is 3.13. The number of nitrogens with one attached hydrogen (secondary N) is 1. The molecule has 0 bridgehead atoms. The van der Waals surface area contributed by atoms with Crippen LogP contribution in [0.5, 0.6) is 0 Å². The Morgan fingerprint density at radius 3 is 1.87 bits per heavy atom. The van der Waals surface area contributed by atoms with E-state index in [4.69, 9.17) is 0 Å². The Labute approximate surface area is 163 Å². The van der Waals surface area contributed by atoms with Crippen molar-refractivity contribution < 1.29 is 46.7 Å². The summed E-state index contributed by atoms with van der Waals surface area (Å²) in [7, 11) is -4.48. The van der Waals surface area contributed by atoms with Gasteiger partial charge in [0.25, 0.3) is 0 Å². The molecule has 0 unspecified atom stereocenters. The van der Waals surface area contributed by atoms with Gasteiger partial charge in [0.1, 0.15) is 0 Å². The fourth-order valence-electron chi connectivity index (χ4n) is 1.97. The third-order valence-corrected chi connectivity index (χ3v) is 3.59. The van der Waals surface area contributed by atoms with E-state index in [1.165, 1.54) is 44.9 Å². The van der Waals surface area contributed by atoms with Crippen molar-refractivity contribution in [2.75, 3.05) is 6.61 Å². The number of rotatable bonds is 12. The molecule has 0 saturated heterocycles. The molecular formula is C15H29N2NaO4S. The Morgan fingerprint density at radius 2 is 1.52 bits per heavy atom. The summed E-state index contributed by atoms with van der Waals surface area (Å²) < 4.78 is 34.5. The second kappa shape index (κ2) is 18.4. The van der Waals surface area contributed by atoms with Crippen LogP contribution < -0.4 is 29.6 Å². The van der Waals surface area contributed by atoms with Crippen molar-refractivity contribution >= 4 is 10.4 Å². The minimum Gasteiger partial charge on any atom is -0.726 e. The van der Waals surface area contributed by atoms with Gasteiger partial charge < -0.3 is 9.54 Å². The molecule has 0 aliphatic rings. The average Bonchev–Trinajstić information content (AvgIpc) is 3.03. The topological polar surface area (TPSA) is 95.1 Å². The van der Waals surface area contributed by atoms with Gasteiger partial charge in [-0.1, -0.05) is 64.7 Å². The number of unbranched alkanes of at least 4 members (excludes halogenated alkanes) is 9. The van der Waals surface area contributed by atoms with Gasteiger partial charge in [-0.2, -0.15) is 0 Å². The van der Waals surface area contributed by atoms with E-state index in [0.717, 1.165) is 12.8 Å². The van der Waals surface area contributed by atoms with Crippen molar-refractivity contribution in [3.05, 3.63) is 18.7 Å². The zero-order valence-corrected chi connectivity index (χ0v) is 17.3. The number of imidazole rings is 1. The van der Waals surface area contributed by atoms with E-state index in [2.05, 4.69) is 21.1 Å². The zero-order chi connectivity index (χ0) is 16.5. The van der Waals surface area contributed by atoms with Crippen molar-refractivity contribution in [2.24, 2.45) is 0 Å². The maximum atomic E-state index is 10.1. The molecule has 130 valence electrons. The first-order valence-corrected chi connectivity index (χ1v) is 9.42. The van der Waals surface area contributed by atoms with E-state index < -0.39 is 10.4 Å². The Morgan fingerprint density at radius 1 is 1.00 bits per heavy atom. The molecule has 0 aliphatic heterocycles. The van der Waals surface area contributed by atoms with Crippen molar-refractivity contribution in [1.82, 2.24) is 9.97 Å². The molecule has 6 nitrogen and oxygen atoms in total. The second-order valence-corrected chi connectivity index (χ2v) is 6.22. The molecule has 1 aromatic heterocycles. The standard InChI is InChI=1S/C12H26O4S.C3H4N2.Na/c1-2-3-4-5-6-7-8-9-10-11-12-16-17(13,14)15;1-2-5-3-4-1;/h2-12H2,1H3,(H,13,14,15);1-3H,(H,4,5);/q;;+1/p-1. The summed E-state index contributed by atoms with van der Waals surface area (Å²) in [5.74, 6) is 0. The van der Waals surface area contributed by atoms with Crippen LogP contribution in [0.15, 0.2) is 18.7 Å². The fraction of sp³-hybridized carbons (Fsp3) is 0.800. The van der Waals surface area contributed by atoms with Crippen LogP contribution in [-0.2, 0) is 14.6 Å². The number of hydrogen-bond acceptors (Lipinski definition) is 5. The van der Waals surface area contributed by atoms with Crippen molar-refractivity contribution in [3.8, 4) is 0 Å². The maximum Gasteiger partial charge on any atom is 1.00 e. The summed E-state index contributed by atoms with van der Waals surface area (Å²) in [6.07, 6.45) is 16.8. The SMILES string of the molecule is CCCCCCCCCCCCOS(=O)(=O)[O-].[Na+].c1c[nH]cn1. The molecule has 0 amide bonds. The van der Waals surface area contributed by atoms with Gasteiger partial charge in [0, 0.05) is 12.4 Å². The van der Waals surface area contributed by atoms with E-state index in [1.54, 1.807) is 18.7 Å². The van der Waals surface area contributed by atoms with Gasteiger partial charge in [-0.3, -0.25) is 4.18 Å². The third kappa shape index (κ3) is 24.5. The maximum absolute atomic E-state index is 10.1. The number of H-pyrrole nitrogens is 1. The van der Waals surface area contributed by atoms with E-state index in [-0.39, 0.29) is 36.2 Å². The van der Waals surface area contributed by atoms with Crippen LogP contribution in [0.4, 0.5) is 0 Å². The van der Waals surface area contributed by atoms with Gasteiger partial charge in [0.15, 0.2) is 0 Å². The smallest absolute Gasteiger partial charge is 0.726 e. The Hall–Kier alpha value is 0.0800. The molecule has 1 heterocycles. The first-order chi connectivity index (χ1) is 10.6. The van der Waals surface area contributed by atoms with Crippen LogP contribution in [0, 0.1) is 0 Å². The van der Waals surface area contributed by atoms with Crippen LogP contribution in [0.1, 0.15) is 71.1 Å². The first kappa shape index (κ1) is 25.3. The molecule has 0 atom stereocenters. The Kier molecular flexibility index (Phi) is 20.3. The summed E-state index contributed by atoms with van der Waals surface area (Å²) >= 11 is 0. The molecule has 0 aromatic carbocycles. The fourth-order valence-corrected chi connectivity index (χ4v) is 2.29. The van der Waals surface area contributed by atoms with E-state index in [9.17, 15) is 13.0 Å². The van der Waals surface area contributed by atoms with Gasteiger partial charge in [0.2, 0.25) is 10.4 Å². The van der Waals surface area contributed by atoms with Crippen molar-refractivity contribution in [3.63, 3.8) is 0 Å². The van der Waals surface area contributed by atoms with Gasteiger partial charge in [0.05, 0.1) is 12.9 Å². The zero-order valence-electron chi connectivity index (χ0n) is 14.5. The van der Waals surface area contributed by atoms with Crippen LogP contribution >= 0.6 is 0 Å². The molecular weight excluding hydrogens is 327 g/mol. The summed E-state index contributed by atoms with van der Waals surface area (Å²) in [5.41, 5.74) is 0. The van der Waals surface area contributed by atoms with Crippen LogP contribution in [-0.4, -0.2) is 29.5 Å². The van der Waals surface area contributed by atoms with Gasteiger partial charge in [-0.25, -0.2) is 13.4 Å². The monoisotopic (exact) mass is 356 g/mol. The molecule has 0 spiro atoms. The minimum absolute atomic E-state index is 0. The van der Waals surface area contributed by atoms with Gasteiger partial charge in [-0.15, -0.1) is 0 Å². The summed E-state index contributed by atoms with van der Waals surface area (Å²) in [6, 6.07) is 0. The number of aromatic nitrogens is 2. The molecule has 0 fully saturated rings. The second-order valence-electron chi connectivity index (χ2n) is 5.17. The molecule has 23 heavy (non-hydrogen) atoms. The summed E-state index contributed by atoms with van der Waals surface area (Å²) in [4.78, 5) is 6.42. The molecule has 0 aliphatic carbocycles. The van der Waals surface area contributed by atoms with E-state index in [1.807, 2.05) is 0 Å². The molecule has 0 saturated carbocycles. The van der Waals surface area contributed by atoms with Crippen LogP contribution in [0.2, 0.25) is 0 Å². The van der Waals surface area contributed by atoms with Crippen molar-refractivity contribution in [2.45, 2.75) is 71.1 Å². The van der Waals surface area contributed by atoms with Crippen molar-refractivity contribution in [1.29, 1.82) is 0 Å². The molecule has 8 heteroatoms. The first-order valence-electron chi connectivity index (χ1n) is 8.09. The number of hydrogen-bond donors (Lipinski definition) is 1. The molecule has 1 N–H and O–H groups in total. The van der Waals surface area contributed by atoms with E-state index in [0.29, 0.717) is 6.42 Å².